The second-order valence-corrected chi connectivity index (χ2v) is 5.55. The predicted octanol–water partition coefficient (Wildman–Crippen LogP) is 1.51. The minimum absolute atomic E-state index is 0.258. The zero-order valence-electron chi connectivity index (χ0n) is 11.2. The maximum Gasteiger partial charge on any atom is 0.135 e. The summed E-state index contributed by atoms with van der Waals surface area (Å²) in [4.78, 5) is 11.3. The van der Waals surface area contributed by atoms with E-state index in [1.165, 1.54) is 24.1 Å². The van der Waals surface area contributed by atoms with Gasteiger partial charge < -0.3 is 10.6 Å². The van der Waals surface area contributed by atoms with Gasteiger partial charge in [-0.1, -0.05) is 0 Å². The molecule has 1 aromatic rings. The van der Waals surface area contributed by atoms with Crippen molar-refractivity contribution in [2.45, 2.75) is 38.5 Å². The Bertz CT molecular complexity index is 477. The molecule has 102 valence electrons. The Morgan fingerprint density at radius 1 is 1.21 bits per heavy atom. The topological polar surface area (TPSA) is 78.9 Å². The lowest BCUT2D eigenvalue weighted by atomic mass is 9.93. The smallest absolute Gasteiger partial charge is 0.135 e. The molecule has 0 radical (unpaired) electrons. The van der Waals surface area contributed by atoms with Gasteiger partial charge in [0.25, 0.3) is 0 Å². The summed E-state index contributed by atoms with van der Waals surface area (Å²) < 4.78 is 0. The van der Waals surface area contributed by atoms with Crippen LogP contribution < -0.4 is 10.6 Å². The molecule has 5 heteroatoms. The van der Waals surface area contributed by atoms with Crippen LogP contribution in [0, 0.1) is 11.3 Å². The number of nitrogens with zero attached hydrogens (tertiary/aromatic N) is 3. The number of aromatic nitrogens is 2. The van der Waals surface area contributed by atoms with Crippen LogP contribution in [0.5, 0.6) is 0 Å². The van der Waals surface area contributed by atoms with E-state index < -0.39 is 0 Å². The van der Waals surface area contributed by atoms with Crippen LogP contribution >= 0.6 is 0 Å². The number of hydrogen-bond acceptors (Lipinski definition) is 4. The molecule has 1 aliphatic heterocycles. The van der Waals surface area contributed by atoms with E-state index in [2.05, 4.69) is 14.9 Å². The van der Waals surface area contributed by atoms with Crippen molar-refractivity contribution in [2.24, 2.45) is 11.7 Å². The van der Waals surface area contributed by atoms with E-state index in [1.807, 2.05) is 0 Å². The Morgan fingerprint density at radius 3 is 2.68 bits per heavy atom. The summed E-state index contributed by atoms with van der Waals surface area (Å²) in [6.07, 6.45) is 8.33. The number of nitrogens with one attached hydrogen (secondary N) is 1. The van der Waals surface area contributed by atoms with E-state index in [1.54, 1.807) is 6.33 Å². The molecule has 3 N–H and O–H groups in total. The van der Waals surface area contributed by atoms with Gasteiger partial charge in [0.2, 0.25) is 0 Å². The molecule has 1 saturated heterocycles. The average molecular weight is 259 g/mol. The fraction of sp³-hybridized carbons (Fsp3) is 0.643. The molecule has 0 unspecified atom stereocenters. The summed E-state index contributed by atoms with van der Waals surface area (Å²) in [5.41, 5.74) is 8.20. The quantitative estimate of drug-likeness (QED) is 0.623. The van der Waals surface area contributed by atoms with Gasteiger partial charge in [-0.05, 0) is 38.5 Å². The summed E-state index contributed by atoms with van der Waals surface area (Å²) >= 11 is 0. The van der Waals surface area contributed by atoms with Crippen molar-refractivity contribution >= 4 is 11.7 Å². The minimum Gasteiger partial charge on any atom is -0.387 e. The fourth-order valence-electron chi connectivity index (χ4n) is 3.18. The molecule has 1 aliphatic carbocycles. The van der Waals surface area contributed by atoms with E-state index in [9.17, 15) is 0 Å². The molecule has 3 rings (SSSR count). The second kappa shape index (κ2) is 5.15. The number of rotatable bonds is 2. The molecule has 0 amide bonds. The lowest BCUT2D eigenvalue weighted by molar-refractivity contribution is 0.492. The first kappa shape index (κ1) is 12.4. The van der Waals surface area contributed by atoms with Crippen LogP contribution in [0.15, 0.2) is 6.33 Å². The lowest BCUT2D eigenvalue weighted by Crippen LogP contribution is -2.39. The monoisotopic (exact) mass is 259 g/mol. The van der Waals surface area contributed by atoms with Crippen molar-refractivity contribution in [1.29, 1.82) is 5.41 Å². The molecular formula is C14H21N5. The Labute approximate surface area is 113 Å². The summed E-state index contributed by atoms with van der Waals surface area (Å²) in [5, 5.41) is 7.54. The molecule has 0 spiro atoms. The van der Waals surface area contributed by atoms with Crippen molar-refractivity contribution < 1.29 is 0 Å². The number of amidine groups is 1. The van der Waals surface area contributed by atoms with E-state index in [0.717, 1.165) is 44.6 Å². The zero-order chi connectivity index (χ0) is 13.2. The van der Waals surface area contributed by atoms with Crippen molar-refractivity contribution in [2.75, 3.05) is 18.0 Å². The molecule has 2 heterocycles. The van der Waals surface area contributed by atoms with E-state index in [4.69, 9.17) is 11.1 Å². The van der Waals surface area contributed by atoms with Gasteiger partial charge >= 0.3 is 0 Å². The highest BCUT2D eigenvalue weighted by Crippen LogP contribution is 2.29. The first-order valence-electron chi connectivity index (χ1n) is 7.17. The van der Waals surface area contributed by atoms with Crippen LogP contribution in [-0.2, 0) is 12.8 Å². The van der Waals surface area contributed by atoms with E-state index in [-0.39, 0.29) is 5.92 Å². The van der Waals surface area contributed by atoms with Gasteiger partial charge in [-0.2, -0.15) is 0 Å². The van der Waals surface area contributed by atoms with Gasteiger partial charge in [0, 0.05) is 30.3 Å². The maximum atomic E-state index is 7.54. The SMILES string of the molecule is N=C(N)C1CCN(c2ncnc3c2CCCC3)CC1. The number of anilines is 1. The van der Waals surface area contributed by atoms with Gasteiger partial charge in [-0.3, -0.25) is 5.41 Å². The van der Waals surface area contributed by atoms with E-state index >= 15 is 0 Å². The Hall–Kier alpha value is -1.65. The summed E-state index contributed by atoms with van der Waals surface area (Å²) in [5.74, 6) is 1.73. The average Bonchev–Trinajstić information content (AvgIpc) is 2.47. The molecule has 0 saturated carbocycles. The number of fused-ring (bicyclic) bond motifs is 1. The highest BCUT2D eigenvalue weighted by Gasteiger charge is 2.25. The van der Waals surface area contributed by atoms with E-state index in [0.29, 0.717) is 5.84 Å². The van der Waals surface area contributed by atoms with Crippen molar-refractivity contribution in [1.82, 2.24) is 9.97 Å². The molecule has 0 aromatic carbocycles. The highest BCUT2D eigenvalue weighted by molar-refractivity contribution is 5.79. The predicted molar refractivity (Wildman–Crippen MR) is 75.5 cm³/mol. The third kappa shape index (κ3) is 2.41. The molecule has 5 nitrogen and oxygen atoms in total. The number of nitrogens with two attached hydrogens (primary N) is 1. The van der Waals surface area contributed by atoms with Crippen molar-refractivity contribution in [3.8, 4) is 0 Å². The van der Waals surface area contributed by atoms with Gasteiger partial charge in [0.15, 0.2) is 0 Å². The lowest BCUT2D eigenvalue weighted by Gasteiger charge is -2.34. The largest absolute Gasteiger partial charge is 0.387 e. The molecule has 1 fully saturated rings. The van der Waals surface area contributed by atoms with Crippen LogP contribution in [0.25, 0.3) is 0 Å². The first-order valence-corrected chi connectivity index (χ1v) is 7.17. The first-order chi connectivity index (χ1) is 9.25. The molecule has 0 bridgehead atoms. The molecule has 2 aliphatic rings. The van der Waals surface area contributed by atoms with Crippen molar-refractivity contribution in [3.63, 3.8) is 0 Å². The fourth-order valence-corrected chi connectivity index (χ4v) is 3.18. The Balaban J connectivity index is 1.78. The number of hydrogen-bond donors (Lipinski definition) is 2. The highest BCUT2D eigenvalue weighted by atomic mass is 15.2. The third-order valence-electron chi connectivity index (χ3n) is 4.34. The van der Waals surface area contributed by atoms with Crippen LogP contribution in [0.3, 0.4) is 0 Å². The zero-order valence-corrected chi connectivity index (χ0v) is 11.2. The molecular weight excluding hydrogens is 238 g/mol. The number of aryl methyl sites for hydroxylation is 1. The van der Waals surface area contributed by atoms with Gasteiger partial charge in [0.1, 0.15) is 12.1 Å². The van der Waals surface area contributed by atoms with Crippen LogP contribution in [0.4, 0.5) is 5.82 Å². The van der Waals surface area contributed by atoms with Crippen LogP contribution in [0.1, 0.15) is 36.9 Å². The second-order valence-electron chi connectivity index (χ2n) is 5.55. The summed E-state index contributed by atoms with van der Waals surface area (Å²) in [7, 11) is 0. The van der Waals surface area contributed by atoms with Crippen LogP contribution in [-0.4, -0.2) is 28.9 Å². The van der Waals surface area contributed by atoms with Gasteiger partial charge in [-0.15, -0.1) is 0 Å². The normalized spacial score (nSPS) is 20.1. The van der Waals surface area contributed by atoms with Gasteiger partial charge in [-0.25, -0.2) is 9.97 Å². The molecule has 0 atom stereocenters. The number of piperidine rings is 1. The molecule has 1 aromatic heterocycles. The summed E-state index contributed by atoms with van der Waals surface area (Å²) in [6, 6.07) is 0. The standard InChI is InChI=1S/C14H21N5/c15-13(16)10-5-7-19(8-6-10)14-11-3-1-2-4-12(11)17-9-18-14/h9-10H,1-8H2,(H3,15,16). The Morgan fingerprint density at radius 2 is 1.95 bits per heavy atom. The van der Waals surface area contributed by atoms with Gasteiger partial charge in [0.05, 0.1) is 5.84 Å². The maximum absolute atomic E-state index is 7.54. The summed E-state index contributed by atoms with van der Waals surface area (Å²) in [6.45, 7) is 1.90. The van der Waals surface area contributed by atoms with Crippen molar-refractivity contribution in [3.05, 3.63) is 17.6 Å². The Kier molecular flexibility index (Phi) is 3.36. The third-order valence-corrected chi connectivity index (χ3v) is 4.34. The minimum atomic E-state index is 0.258. The molecule has 19 heavy (non-hydrogen) atoms. The van der Waals surface area contributed by atoms with Crippen LogP contribution in [0.2, 0.25) is 0 Å².